The standard InChI is InChI=1S/C19H20N2O5/c1-5-25-18(23)14-15(19(24)26-6-2)17-20(4)12-9-7-8-10-13(12)21(17)16(14)11(3)22/h7-10H,5-6H2,1-4H3. The summed E-state index contributed by atoms with van der Waals surface area (Å²) in [4.78, 5) is 37.7. The van der Waals surface area contributed by atoms with E-state index in [4.69, 9.17) is 9.47 Å². The summed E-state index contributed by atoms with van der Waals surface area (Å²) in [6.07, 6.45) is 0. The van der Waals surface area contributed by atoms with Crippen LogP contribution in [0.4, 0.5) is 0 Å². The predicted molar refractivity (Wildman–Crippen MR) is 95.8 cm³/mol. The van der Waals surface area contributed by atoms with Gasteiger partial charge in [-0.1, -0.05) is 12.1 Å². The maximum absolute atomic E-state index is 12.7. The quantitative estimate of drug-likeness (QED) is 0.519. The number of aryl methyl sites for hydroxylation is 1. The van der Waals surface area contributed by atoms with Crippen LogP contribution in [0.3, 0.4) is 0 Å². The molecule has 1 aromatic carbocycles. The number of para-hydroxylation sites is 2. The highest BCUT2D eigenvalue weighted by Gasteiger charge is 2.34. The summed E-state index contributed by atoms with van der Waals surface area (Å²) in [5.41, 5.74) is 2.10. The number of aromatic nitrogens is 2. The Bertz CT molecular complexity index is 1040. The van der Waals surface area contributed by atoms with E-state index >= 15 is 0 Å². The molecule has 0 aliphatic rings. The maximum Gasteiger partial charge on any atom is 0.342 e. The number of esters is 2. The Kier molecular flexibility index (Phi) is 4.54. The van der Waals surface area contributed by atoms with Gasteiger partial charge in [0.25, 0.3) is 0 Å². The van der Waals surface area contributed by atoms with Gasteiger partial charge in [-0.15, -0.1) is 0 Å². The number of hydrogen-bond acceptors (Lipinski definition) is 5. The van der Waals surface area contributed by atoms with Crippen molar-refractivity contribution >= 4 is 34.4 Å². The van der Waals surface area contributed by atoms with E-state index in [1.165, 1.54) is 6.92 Å². The van der Waals surface area contributed by atoms with E-state index in [0.29, 0.717) is 5.65 Å². The van der Waals surface area contributed by atoms with Gasteiger partial charge >= 0.3 is 11.9 Å². The van der Waals surface area contributed by atoms with Crippen molar-refractivity contribution < 1.29 is 23.9 Å². The van der Waals surface area contributed by atoms with Gasteiger partial charge < -0.3 is 14.0 Å². The molecule has 0 unspecified atom stereocenters. The second kappa shape index (κ2) is 6.67. The average Bonchev–Trinajstić information content (AvgIpc) is 3.10. The van der Waals surface area contributed by atoms with Crippen molar-refractivity contribution in [3.8, 4) is 0 Å². The van der Waals surface area contributed by atoms with E-state index in [-0.39, 0.29) is 35.8 Å². The summed E-state index contributed by atoms with van der Waals surface area (Å²) in [5, 5.41) is 0. The molecule has 0 fully saturated rings. The second-order valence-electron chi connectivity index (χ2n) is 5.80. The number of benzene rings is 1. The van der Waals surface area contributed by atoms with Gasteiger partial charge in [-0.25, -0.2) is 9.59 Å². The maximum atomic E-state index is 12.7. The molecule has 0 saturated heterocycles. The minimum atomic E-state index is -0.714. The van der Waals surface area contributed by atoms with Crippen LogP contribution in [0, 0.1) is 0 Å². The van der Waals surface area contributed by atoms with Crippen LogP contribution in [-0.4, -0.2) is 39.9 Å². The number of carbonyl (C=O) groups is 3. The molecule has 26 heavy (non-hydrogen) atoms. The van der Waals surface area contributed by atoms with Gasteiger partial charge in [0.1, 0.15) is 22.5 Å². The van der Waals surface area contributed by atoms with Crippen molar-refractivity contribution in [2.45, 2.75) is 20.8 Å². The van der Waals surface area contributed by atoms with Crippen LogP contribution in [0.5, 0.6) is 0 Å². The number of nitrogens with zero attached hydrogens (tertiary/aromatic N) is 2. The summed E-state index contributed by atoms with van der Waals surface area (Å²) >= 11 is 0. The minimum Gasteiger partial charge on any atom is -0.462 e. The fourth-order valence-electron chi connectivity index (χ4n) is 3.30. The second-order valence-corrected chi connectivity index (χ2v) is 5.80. The van der Waals surface area contributed by atoms with Crippen LogP contribution in [-0.2, 0) is 16.5 Å². The van der Waals surface area contributed by atoms with Gasteiger partial charge in [0.15, 0.2) is 5.78 Å². The fourth-order valence-corrected chi connectivity index (χ4v) is 3.30. The van der Waals surface area contributed by atoms with Crippen molar-refractivity contribution in [1.29, 1.82) is 0 Å². The van der Waals surface area contributed by atoms with Gasteiger partial charge in [-0.05, 0) is 26.0 Å². The highest BCUT2D eigenvalue weighted by molar-refractivity contribution is 6.16. The Hall–Kier alpha value is -3.09. The Morgan fingerprint density at radius 1 is 0.923 bits per heavy atom. The van der Waals surface area contributed by atoms with Crippen LogP contribution in [0.25, 0.3) is 16.7 Å². The van der Waals surface area contributed by atoms with E-state index in [0.717, 1.165) is 11.0 Å². The molecule has 136 valence electrons. The first-order valence-corrected chi connectivity index (χ1v) is 8.40. The number of Topliss-reactive ketones (excluding diaryl/α,β-unsaturated/α-hetero) is 1. The third-order valence-corrected chi connectivity index (χ3v) is 4.24. The molecule has 3 aromatic rings. The third-order valence-electron chi connectivity index (χ3n) is 4.24. The molecule has 7 nitrogen and oxygen atoms in total. The highest BCUT2D eigenvalue weighted by Crippen LogP contribution is 2.32. The largest absolute Gasteiger partial charge is 0.462 e. The Labute approximate surface area is 150 Å². The van der Waals surface area contributed by atoms with Gasteiger partial charge in [0.2, 0.25) is 0 Å². The molecule has 0 amide bonds. The number of rotatable bonds is 5. The Balaban J connectivity index is 2.54. The molecule has 0 radical (unpaired) electrons. The SMILES string of the molecule is CCOC(=O)c1c(C(=O)OCC)c2n(C)c3ccccc3n2c1C(C)=O. The lowest BCUT2D eigenvalue weighted by Crippen LogP contribution is -2.16. The van der Waals surface area contributed by atoms with Crippen LogP contribution < -0.4 is 0 Å². The number of carbonyl (C=O) groups excluding carboxylic acids is 3. The zero-order valence-electron chi connectivity index (χ0n) is 15.2. The zero-order valence-corrected chi connectivity index (χ0v) is 15.2. The van der Waals surface area contributed by atoms with Crippen molar-refractivity contribution in [2.24, 2.45) is 7.05 Å². The Morgan fingerprint density at radius 3 is 2.00 bits per heavy atom. The number of ketones is 1. The molecule has 2 aromatic heterocycles. The van der Waals surface area contributed by atoms with Gasteiger partial charge in [0, 0.05) is 14.0 Å². The highest BCUT2D eigenvalue weighted by atomic mass is 16.5. The number of hydrogen-bond donors (Lipinski definition) is 0. The van der Waals surface area contributed by atoms with Gasteiger partial charge in [-0.2, -0.15) is 0 Å². The van der Waals surface area contributed by atoms with Crippen LogP contribution in [0.15, 0.2) is 24.3 Å². The Morgan fingerprint density at radius 2 is 1.46 bits per heavy atom. The van der Waals surface area contributed by atoms with Crippen molar-refractivity contribution in [3.05, 3.63) is 41.1 Å². The van der Waals surface area contributed by atoms with E-state index in [9.17, 15) is 14.4 Å². The zero-order chi connectivity index (χ0) is 19.0. The molecule has 7 heteroatoms. The first-order valence-electron chi connectivity index (χ1n) is 8.40. The van der Waals surface area contributed by atoms with E-state index in [1.807, 2.05) is 24.3 Å². The summed E-state index contributed by atoms with van der Waals surface area (Å²) in [5.74, 6) is -1.71. The molecule has 0 bridgehead atoms. The third kappa shape index (κ3) is 2.47. The molecule has 0 atom stereocenters. The monoisotopic (exact) mass is 356 g/mol. The molecule has 0 aliphatic carbocycles. The summed E-state index contributed by atoms with van der Waals surface area (Å²) in [6, 6.07) is 7.41. The van der Waals surface area contributed by atoms with Crippen LogP contribution >= 0.6 is 0 Å². The molecule has 0 spiro atoms. The molecular formula is C19H20N2O5. The molecule has 0 saturated carbocycles. The summed E-state index contributed by atoms with van der Waals surface area (Å²) in [6.45, 7) is 4.99. The average molecular weight is 356 g/mol. The van der Waals surface area contributed by atoms with Crippen LogP contribution in [0.2, 0.25) is 0 Å². The predicted octanol–water partition coefficient (Wildman–Crippen LogP) is 2.99. The van der Waals surface area contributed by atoms with Gasteiger partial charge in [-0.3, -0.25) is 9.20 Å². The lowest BCUT2D eigenvalue weighted by molar-refractivity contribution is 0.0480. The lowest BCUT2D eigenvalue weighted by Gasteiger charge is -2.07. The first kappa shape index (κ1) is 17.7. The topological polar surface area (TPSA) is 79.0 Å². The van der Waals surface area contributed by atoms with E-state index in [2.05, 4.69) is 0 Å². The first-order chi connectivity index (χ1) is 12.4. The normalized spacial score (nSPS) is 11.1. The minimum absolute atomic E-state index is 0.0471. The van der Waals surface area contributed by atoms with Crippen LogP contribution in [0.1, 0.15) is 52.0 Å². The molecule has 0 aliphatic heterocycles. The van der Waals surface area contributed by atoms with Crippen molar-refractivity contribution in [2.75, 3.05) is 13.2 Å². The number of ether oxygens (including phenoxy) is 2. The van der Waals surface area contributed by atoms with E-state index in [1.54, 1.807) is 29.9 Å². The molecule has 3 rings (SSSR count). The molecular weight excluding hydrogens is 336 g/mol. The summed E-state index contributed by atoms with van der Waals surface area (Å²) in [7, 11) is 1.78. The number of fused-ring (bicyclic) bond motifs is 3. The van der Waals surface area contributed by atoms with Crippen molar-refractivity contribution in [1.82, 2.24) is 8.97 Å². The smallest absolute Gasteiger partial charge is 0.342 e. The lowest BCUT2D eigenvalue weighted by atomic mass is 10.1. The van der Waals surface area contributed by atoms with Crippen molar-refractivity contribution in [3.63, 3.8) is 0 Å². The van der Waals surface area contributed by atoms with E-state index < -0.39 is 11.9 Å². The summed E-state index contributed by atoms with van der Waals surface area (Å²) < 4.78 is 13.7. The molecule has 2 heterocycles. The molecule has 0 N–H and O–H groups in total. The van der Waals surface area contributed by atoms with Gasteiger partial charge in [0.05, 0.1) is 24.2 Å². The number of imidazole rings is 1. The fraction of sp³-hybridized carbons (Fsp3) is 0.316.